The highest BCUT2D eigenvalue weighted by Crippen LogP contribution is 2.38. The van der Waals surface area contributed by atoms with Gasteiger partial charge in [-0.1, -0.05) is 24.3 Å². The van der Waals surface area contributed by atoms with Crippen LogP contribution in [0.4, 0.5) is 0 Å². The summed E-state index contributed by atoms with van der Waals surface area (Å²) in [6.07, 6.45) is 6.94. The lowest BCUT2D eigenvalue weighted by Crippen LogP contribution is -2.25. The maximum atomic E-state index is 12.6. The minimum Gasteiger partial charge on any atom is -0.350 e. The maximum Gasteiger partial charge on any atom is 0.251 e. The van der Waals surface area contributed by atoms with E-state index in [0.717, 1.165) is 42.4 Å². The van der Waals surface area contributed by atoms with Crippen molar-refractivity contribution in [3.63, 3.8) is 0 Å². The van der Waals surface area contributed by atoms with Crippen LogP contribution in [0.5, 0.6) is 0 Å². The van der Waals surface area contributed by atoms with Gasteiger partial charge in [-0.25, -0.2) is 13.1 Å². The number of aromatic nitrogens is 1. The Morgan fingerprint density at radius 3 is 2.29 bits per heavy atom. The molecule has 1 aliphatic heterocycles. The number of benzene rings is 1. The normalized spacial score (nSPS) is 21.9. The predicted molar refractivity (Wildman–Crippen MR) is 117 cm³/mol. The highest BCUT2D eigenvalue weighted by Gasteiger charge is 2.29. The van der Waals surface area contributed by atoms with Crippen molar-refractivity contribution < 1.29 is 13.2 Å². The van der Waals surface area contributed by atoms with Crippen molar-refractivity contribution in [1.29, 1.82) is 0 Å². The van der Waals surface area contributed by atoms with Crippen LogP contribution in [-0.2, 0) is 14.8 Å². The molecule has 1 aromatic carbocycles. The van der Waals surface area contributed by atoms with E-state index in [9.17, 15) is 18.0 Å². The Bertz CT molecular complexity index is 1210. The molecule has 2 aromatic rings. The Labute approximate surface area is 181 Å². The van der Waals surface area contributed by atoms with E-state index in [1.165, 1.54) is 0 Å². The number of hydrogen-bond acceptors (Lipinski definition) is 4. The van der Waals surface area contributed by atoms with E-state index in [-0.39, 0.29) is 28.4 Å². The van der Waals surface area contributed by atoms with Gasteiger partial charge in [-0.2, -0.15) is 0 Å². The number of pyridine rings is 1. The van der Waals surface area contributed by atoms with Crippen LogP contribution in [0.25, 0.3) is 5.57 Å². The summed E-state index contributed by atoms with van der Waals surface area (Å²) in [5.74, 6) is 0.355. The van der Waals surface area contributed by atoms with Gasteiger partial charge in [0.15, 0.2) is 0 Å². The first-order valence-corrected chi connectivity index (χ1v) is 12.2. The number of carbonyl (C=O) groups excluding carboxylic acids is 1. The lowest BCUT2D eigenvalue weighted by molar-refractivity contribution is -0.119. The van der Waals surface area contributed by atoms with Crippen molar-refractivity contribution in [1.82, 2.24) is 15.0 Å². The molecule has 2 aliphatic carbocycles. The van der Waals surface area contributed by atoms with Crippen LogP contribution in [0, 0.1) is 0 Å². The van der Waals surface area contributed by atoms with Crippen LogP contribution in [-0.4, -0.2) is 31.4 Å². The van der Waals surface area contributed by atoms with Gasteiger partial charge in [0.05, 0.1) is 4.90 Å². The first-order chi connectivity index (χ1) is 14.9. The highest BCUT2D eigenvalue weighted by molar-refractivity contribution is 7.89. The molecule has 0 bridgehead atoms. The number of nitrogens with one attached hydrogen (secondary N) is 3. The summed E-state index contributed by atoms with van der Waals surface area (Å²) >= 11 is 0. The van der Waals surface area contributed by atoms with Crippen LogP contribution in [0.1, 0.15) is 61.3 Å². The predicted octanol–water partition coefficient (Wildman–Crippen LogP) is 2.40. The Morgan fingerprint density at radius 1 is 0.968 bits per heavy atom. The van der Waals surface area contributed by atoms with E-state index in [4.69, 9.17) is 0 Å². The van der Waals surface area contributed by atoms with Crippen molar-refractivity contribution in [2.75, 3.05) is 0 Å². The third-order valence-corrected chi connectivity index (χ3v) is 7.56. The molecule has 2 saturated carbocycles. The van der Waals surface area contributed by atoms with Gasteiger partial charge in [-0.05, 0) is 61.8 Å². The summed E-state index contributed by atoms with van der Waals surface area (Å²) in [6, 6.07) is 10.3. The quantitative estimate of drug-likeness (QED) is 0.616. The molecule has 0 radical (unpaired) electrons. The van der Waals surface area contributed by atoms with E-state index >= 15 is 0 Å². The minimum absolute atomic E-state index is 0.00534. The zero-order valence-corrected chi connectivity index (χ0v) is 17.9. The average Bonchev–Trinajstić information content (AvgIpc) is 3.67. The van der Waals surface area contributed by atoms with Crippen molar-refractivity contribution in [2.24, 2.45) is 0 Å². The van der Waals surface area contributed by atoms with E-state index in [1.807, 2.05) is 18.2 Å². The molecule has 2 heterocycles. The maximum absolute atomic E-state index is 12.6. The molecule has 1 saturated heterocycles. The Morgan fingerprint density at radius 2 is 1.71 bits per heavy atom. The van der Waals surface area contributed by atoms with Crippen LogP contribution < -0.4 is 15.6 Å². The fourth-order valence-corrected chi connectivity index (χ4v) is 5.27. The second-order valence-electron chi connectivity index (χ2n) is 8.64. The molecule has 0 spiro atoms. The van der Waals surface area contributed by atoms with Gasteiger partial charge >= 0.3 is 0 Å². The largest absolute Gasteiger partial charge is 0.350 e. The number of amides is 1. The number of sulfonamides is 1. The summed E-state index contributed by atoms with van der Waals surface area (Å²) in [6.45, 7) is 0. The Balaban J connectivity index is 1.49. The van der Waals surface area contributed by atoms with Crippen molar-refractivity contribution in [3.05, 3.63) is 69.6 Å². The van der Waals surface area contributed by atoms with Gasteiger partial charge in [-0.3, -0.25) is 9.59 Å². The van der Waals surface area contributed by atoms with Crippen LogP contribution in [0.2, 0.25) is 0 Å². The molecule has 1 atom stereocenters. The molecule has 0 unspecified atom stereocenters. The van der Waals surface area contributed by atoms with Gasteiger partial charge < -0.3 is 10.3 Å². The second kappa shape index (κ2) is 7.76. The van der Waals surface area contributed by atoms with Crippen molar-refractivity contribution in [2.45, 2.75) is 61.4 Å². The van der Waals surface area contributed by atoms with E-state index < -0.39 is 10.0 Å². The molecule has 3 fully saturated rings. The number of rotatable bonds is 7. The zero-order valence-electron chi connectivity index (χ0n) is 17.1. The molecule has 162 valence electrons. The molecule has 3 N–H and O–H groups in total. The molecular formula is C23H25N3O4S. The summed E-state index contributed by atoms with van der Waals surface area (Å²) < 4.78 is 27.6. The zero-order chi connectivity index (χ0) is 21.6. The smallest absolute Gasteiger partial charge is 0.251 e. The fraction of sp³-hybridized carbons (Fsp3) is 0.391. The number of H-pyrrole nitrogens is 1. The molecule has 1 aromatic heterocycles. The summed E-state index contributed by atoms with van der Waals surface area (Å²) in [5.41, 5.74) is 2.92. The first kappa shape index (κ1) is 20.2. The van der Waals surface area contributed by atoms with Crippen LogP contribution in [0.15, 0.2) is 52.2 Å². The molecule has 8 heteroatoms. The Kier molecular flexibility index (Phi) is 5.06. The lowest BCUT2D eigenvalue weighted by atomic mass is 9.98. The van der Waals surface area contributed by atoms with Gasteiger partial charge in [0.1, 0.15) is 0 Å². The SMILES string of the molecule is O=C1CC[C@H](/C=C(\c2ccc(S(=O)(=O)NC3CC3)cc2)c2ccc(C3CC3)c(=O)[nH]2)N1. The van der Waals surface area contributed by atoms with Crippen molar-refractivity contribution in [3.8, 4) is 0 Å². The third kappa shape index (κ3) is 4.50. The lowest BCUT2D eigenvalue weighted by Gasteiger charge is -2.13. The number of aromatic amines is 1. The van der Waals surface area contributed by atoms with Gasteiger partial charge in [0.2, 0.25) is 15.9 Å². The second-order valence-corrected chi connectivity index (χ2v) is 10.4. The van der Waals surface area contributed by atoms with Crippen LogP contribution in [0.3, 0.4) is 0 Å². The summed E-state index contributed by atoms with van der Waals surface area (Å²) in [5, 5.41) is 2.93. The average molecular weight is 440 g/mol. The van der Waals surface area contributed by atoms with Crippen LogP contribution >= 0.6 is 0 Å². The van der Waals surface area contributed by atoms with Gasteiger partial charge in [-0.15, -0.1) is 0 Å². The highest BCUT2D eigenvalue weighted by atomic mass is 32.2. The minimum atomic E-state index is -3.53. The molecule has 1 amide bonds. The van der Waals surface area contributed by atoms with Crippen molar-refractivity contribution >= 4 is 21.5 Å². The summed E-state index contributed by atoms with van der Waals surface area (Å²) in [7, 11) is -3.53. The summed E-state index contributed by atoms with van der Waals surface area (Å²) in [4.78, 5) is 27.5. The van der Waals surface area contributed by atoms with E-state index in [0.29, 0.717) is 24.5 Å². The van der Waals surface area contributed by atoms with E-state index in [1.54, 1.807) is 24.3 Å². The van der Waals surface area contributed by atoms with Gasteiger partial charge in [0, 0.05) is 35.3 Å². The molecule has 7 nitrogen and oxygen atoms in total. The monoisotopic (exact) mass is 439 g/mol. The van der Waals surface area contributed by atoms with Gasteiger partial charge in [0.25, 0.3) is 5.56 Å². The van der Waals surface area contributed by atoms with E-state index in [2.05, 4.69) is 15.0 Å². The number of hydrogen-bond donors (Lipinski definition) is 3. The molecule has 31 heavy (non-hydrogen) atoms. The molecule has 3 aliphatic rings. The molecular weight excluding hydrogens is 414 g/mol. The topological polar surface area (TPSA) is 108 Å². The first-order valence-electron chi connectivity index (χ1n) is 10.8. The third-order valence-electron chi connectivity index (χ3n) is 6.02. The fourth-order valence-electron chi connectivity index (χ4n) is 3.97. The number of carbonyl (C=O) groups is 1. The standard InChI is InChI=1S/C23H25N3O4S/c27-22-12-7-17(24-22)13-20(21-11-10-19(14-1-2-14)23(28)25-21)15-3-8-18(9-4-15)31(29,30)26-16-5-6-16/h3-4,8-11,13-14,16-17,26H,1-2,5-7,12H2,(H,24,27)(H,25,28)/b20-13+/t17-/m1/s1. The molecule has 5 rings (SSSR count). The Hall–Kier alpha value is -2.71.